The Morgan fingerprint density at radius 3 is 2.23 bits per heavy atom. The lowest BCUT2D eigenvalue weighted by molar-refractivity contribution is -0.272. The number of amides is 2. The Hall–Kier alpha value is -1.31. The molecular formula is C14H21F3N2O3. The maximum absolute atomic E-state index is 12.7. The monoisotopic (exact) mass is 322 g/mol. The molecule has 1 aliphatic carbocycles. The van der Waals surface area contributed by atoms with Crippen molar-refractivity contribution in [1.82, 2.24) is 10.2 Å². The highest BCUT2D eigenvalue weighted by Crippen LogP contribution is 2.38. The number of hydrogen-bond acceptors (Lipinski definition) is 3. The fourth-order valence-electron chi connectivity index (χ4n) is 3.02. The van der Waals surface area contributed by atoms with Gasteiger partial charge >= 0.3 is 6.18 Å². The van der Waals surface area contributed by atoms with Crippen LogP contribution in [0, 0.1) is 5.92 Å². The highest BCUT2D eigenvalue weighted by Gasteiger charge is 2.54. The zero-order valence-corrected chi connectivity index (χ0v) is 12.3. The lowest BCUT2D eigenvalue weighted by Gasteiger charge is -2.39. The molecule has 1 saturated carbocycles. The smallest absolute Gasteiger partial charge is 0.380 e. The Kier molecular flexibility index (Phi) is 4.99. The first-order chi connectivity index (χ1) is 10.2. The average molecular weight is 322 g/mol. The lowest BCUT2D eigenvalue weighted by Crippen LogP contribution is -2.55. The van der Waals surface area contributed by atoms with Crippen molar-refractivity contribution in [3.05, 3.63) is 0 Å². The number of carbonyl (C=O) groups excluding carboxylic acids is 2. The van der Waals surface area contributed by atoms with Crippen molar-refractivity contribution in [2.45, 2.75) is 50.3 Å². The molecule has 0 aromatic heterocycles. The first-order valence-corrected chi connectivity index (χ1v) is 7.57. The summed E-state index contributed by atoms with van der Waals surface area (Å²) < 4.78 is 38.0. The Balaban J connectivity index is 1.76. The van der Waals surface area contributed by atoms with E-state index in [0.717, 1.165) is 25.7 Å². The number of hydrogen-bond donors (Lipinski definition) is 2. The van der Waals surface area contributed by atoms with Crippen molar-refractivity contribution in [2.75, 3.05) is 19.6 Å². The van der Waals surface area contributed by atoms with E-state index in [1.807, 2.05) is 0 Å². The third-order valence-electron chi connectivity index (χ3n) is 4.61. The molecule has 1 saturated heterocycles. The van der Waals surface area contributed by atoms with Crippen LogP contribution in [-0.4, -0.2) is 53.2 Å². The normalized spacial score (nSPS) is 22.6. The number of likely N-dealkylation sites (tertiary alicyclic amines) is 1. The van der Waals surface area contributed by atoms with Crippen LogP contribution in [0.25, 0.3) is 0 Å². The minimum atomic E-state index is -4.68. The molecular weight excluding hydrogens is 301 g/mol. The van der Waals surface area contributed by atoms with Gasteiger partial charge in [-0.05, 0) is 12.8 Å². The third kappa shape index (κ3) is 3.71. The summed E-state index contributed by atoms with van der Waals surface area (Å²) in [5.41, 5.74) is -2.71. The van der Waals surface area contributed by atoms with Crippen LogP contribution in [0.4, 0.5) is 13.2 Å². The minimum absolute atomic E-state index is 0.0514. The molecule has 0 atom stereocenters. The first kappa shape index (κ1) is 17.1. The Morgan fingerprint density at radius 1 is 1.18 bits per heavy atom. The van der Waals surface area contributed by atoms with E-state index in [0.29, 0.717) is 0 Å². The van der Waals surface area contributed by atoms with Gasteiger partial charge in [0.2, 0.25) is 11.8 Å². The Labute approximate surface area is 126 Å². The number of piperidine rings is 1. The van der Waals surface area contributed by atoms with E-state index >= 15 is 0 Å². The largest absolute Gasteiger partial charge is 0.417 e. The molecule has 2 N–H and O–H groups in total. The Morgan fingerprint density at radius 2 is 1.73 bits per heavy atom. The SMILES string of the molecule is O=C(NCC(=O)N1CCC(O)(C(F)(F)F)CC1)C1CCCC1. The summed E-state index contributed by atoms with van der Waals surface area (Å²) in [6.45, 7) is -0.512. The van der Waals surface area contributed by atoms with Gasteiger partial charge in [0.05, 0.1) is 6.54 Å². The van der Waals surface area contributed by atoms with Gasteiger partial charge < -0.3 is 15.3 Å². The molecule has 0 bridgehead atoms. The van der Waals surface area contributed by atoms with E-state index in [4.69, 9.17) is 0 Å². The van der Waals surface area contributed by atoms with Crippen molar-refractivity contribution in [3.8, 4) is 0 Å². The summed E-state index contributed by atoms with van der Waals surface area (Å²) in [6.07, 6.45) is -2.08. The number of rotatable bonds is 3. The second-order valence-corrected chi connectivity index (χ2v) is 6.11. The van der Waals surface area contributed by atoms with Gasteiger partial charge in [-0.1, -0.05) is 12.8 Å². The number of alkyl halides is 3. The van der Waals surface area contributed by atoms with Gasteiger partial charge in [0.1, 0.15) is 0 Å². The third-order valence-corrected chi connectivity index (χ3v) is 4.61. The number of halogens is 3. The first-order valence-electron chi connectivity index (χ1n) is 7.57. The molecule has 0 aromatic carbocycles. The van der Waals surface area contributed by atoms with Gasteiger partial charge in [0, 0.05) is 31.8 Å². The van der Waals surface area contributed by atoms with Crippen molar-refractivity contribution in [3.63, 3.8) is 0 Å². The fraction of sp³-hybridized carbons (Fsp3) is 0.857. The van der Waals surface area contributed by atoms with Crippen LogP contribution in [0.1, 0.15) is 38.5 Å². The molecule has 22 heavy (non-hydrogen) atoms. The van der Waals surface area contributed by atoms with Gasteiger partial charge in [-0.15, -0.1) is 0 Å². The number of carbonyl (C=O) groups is 2. The quantitative estimate of drug-likeness (QED) is 0.820. The van der Waals surface area contributed by atoms with Gasteiger partial charge in [0.25, 0.3) is 0 Å². The standard InChI is InChI=1S/C14H21F3N2O3/c15-14(16,17)13(22)5-7-19(8-6-13)11(20)9-18-12(21)10-3-1-2-4-10/h10,22H,1-9H2,(H,18,21). The lowest BCUT2D eigenvalue weighted by atomic mass is 9.91. The molecule has 0 spiro atoms. The van der Waals surface area contributed by atoms with Gasteiger partial charge in [-0.25, -0.2) is 0 Å². The summed E-state index contributed by atoms with van der Waals surface area (Å²) in [4.78, 5) is 25.0. The van der Waals surface area contributed by atoms with Crippen LogP contribution < -0.4 is 5.32 Å². The van der Waals surface area contributed by atoms with E-state index in [9.17, 15) is 27.9 Å². The molecule has 2 fully saturated rings. The van der Waals surface area contributed by atoms with E-state index in [1.54, 1.807) is 0 Å². The molecule has 1 aliphatic heterocycles. The van der Waals surface area contributed by atoms with Crippen LogP contribution in [-0.2, 0) is 9.59 Å². The summed E-state index contributed by atoms with van der Waals surface area (Å²) in [5.74, 6) is -0.616. The van der Waals surface area contributed by atoms with E-state index < -0.39 is 30.5 Å². The van der Waals surface area contributed by atoms with Gasteiger partial charge in [0.15, 0.2) is 5.60 Å². The summed E-state index contributed by atoms with van der Waals surface area (Å²) in [5, 5.41) is 12.1. The highest BCUT2D eigenvalue weighted by atomic mass is 19.4. The van der Waals surface area contributed by atoms with Crippen molar-refractivity contribution in [2.24, 2.45) is 5.92 Å². The molecule has 5 nitrogen and oxygen atoms in total. The van der Waals surface area contributed by atoms with Gasteiger partial charge in [-0.3, -0.25) is 9.59 Å². The summed E-state index contributed by atoms with van der Waals surface area (Å²) >= 11 is 0. The van der Waals surface area contributed by atoms with Crippen LogP contribution in [0.2, 0.25) is 0 Å². The predicted molar refractivity (Wildman–Crippen MR) is 71.8 cm³/mol. The van der Waals surface area contributed by atoms with Crippen molar-refractivity contribution >= 4 is 11.8 Å². The van der Waals surface area contributed by atoms with Crippen LogP contribution >= 0.6 is 0 Å². The summed E-state index contributed by atoms with van der Waals surface area (Å²) in [7, 11) is 0. The predicted octanol–water partition coefficient (Wildman–Crippen LogP) is 1.21. The average Bonchev–Trinajstić information content (AvgIpc) is 2.98. The molecule has 126 valence electrons. The molecule has 2 rings (SSSR count). The van der Waals surface area contributed by atoms with E-state index in [2.05, 4.69) is 5.32 Å². The zero-order valence-electron chi connectivity index (χ0n) is 12.3. The molecule has 1 heterocycles. The molecule has 2 aliphatic rings. The van der Waals surface area contributed by atoms with Crippen molar-refractivity contribution < 1.29 is 27.9 Å². The molecule has 2 amide bonds. The highest BCUT2D eigenvalue weighted by molar-refractivity contribution is 5.86. The van der Waals surface area contributed by atoms with Crippen LogP contribution in [0.3, 0.4) is 0 Å². The topological polar surface area (TPSA) is 69.6 Å². The minimum Gasteiger partial charge on any atom is -0.380 e. The number of nitrogens with zero attached hydrogens (tertiary/aromatic N) is 1. The van der Waals surface area contributed by atoms with Crippen molar-refractivity contribution in [1.29, 1.82) is 0 Å². The second kappa shape index (κ2) is 6.44. The zero-order chi connectivity index (χ0) is 16.4. The second-order valence-electron chi connectivity index (χ2n) is 6.11. The molecule has 0 aromatic rings. The maximum atomic E-state index is 12.7. The molecule has 0 radical (unpaired) electrons. The Bertz CT molecular complexity index is 426. The van der Waals surface area contributed by atoms with E-state index in [1.165, 1.54) is 4.90 Å². The number of nitrogens with one attached hydrogen (secondary N) is 1. The van der Waals surface area contributed by atoms with E-state index in [-0.39, 0.29) is 31.5 Å². The molecule has 8 heteroatoms. The summed E-state index contributed by atoms with van der Waals surface area (Å²) in [6, 6.07) is 0. The van der Waals surface area contributed by atoms with Gasteiger partial charge in [-0.2, -0.15) is 13.2 Å². The molecule has 0 unspecified atom stereocenters. The van der Waals surface area contributed by atoms with Crippen LogP contribution in [0.5, 0.6) is 0 Å². The maximum Gasteiger partial charge on any atom is 0.417 e. The fourth-order valence-corrected chi connectivity index (χ4v) is 3.02. The number of aliphatic hydroxyl groups is 1. The van der Waals surface area contributed by atoms with Crippen LogP contribution in [0.15, 0.2) is 0 Å².